The van der Waals surface area contributed by atoms with Crippen molar-refractivity contribution in [1.29, 1.82) is 0 Å². The third-order valence-electron chi connectivity index (χ3n) is 2.74. The SMILES string of the molecule is C/C=C/CNOCc1c[nH]c2ccc(OC)cc12. The topological polar surface area (TPSA) is 46.3 Å². The Labute approximate surface area is 107 Å². The van der Waals surface area contributed by atoms with Crippen LogP contribution >= 0.6 is 0 Å². The maximum absolute atomic E-state index is 5.40. The third-order valence-corrected chi connectivity index (χ3v) is 2.74. The lowest BCUT2D eigenvalue weighted by Gasteiger charge is -2.03. The van der Waals surface area contributed by atoms with Gasteiger partial charge >= 0.3 is 0 Å². The van der Waals surface area contributed by atoms with Gasteiger partial charge in [-0.2, -0.15) is 5.48 Å². The van der Waals surface area contributed by atoms with E-state index < -0.39 is 0 Å². The highest BCUT2D eigenvalue weighted by Gasteiger charge is 2.05. The molecule has 1 aromatic heterocycles. The number of hydrogen-bond acceptors (Lipinski definition) is 3. The molecule has 0 saturated carbocycles. The zero-order valence-electron chi connectivity index (χ0n) is 10.7. The number of benzene rings is 1. The van der Waals surface area contributed by atoms with Gasteiger partial charge in [0.2, 0.25) is 0 Å². The second kappa shape index (κ2) is 6.23. The average molecular weight is 246 g/mol. The monoisotopic (exact) mass is 246 g/mol. The van der Waals surface area contributed by atoms with Gasteiger partial charge in [0.1, 0.15) is 5.75 Å². The van der Waals surface area contributed by atoms with Crippen molar-refractivity contribution in [3.8, 4) is 5.75 Å². The normalized spacial score (nSPS) is 11.4. The van der Waals surface area contributed by atoms with E-state index in [1.54, 1.807) is 7.11 Å². The summed E-state index contributed by atoms with van der Waals surface area (Å²) >= 11 is 0. The first-order valence-electron chi connectivity index (χ1n) is 5.95. The second-order valence-corrected chi connectivity index (χ2v) is 3.93. The molecule has 0 atom stereocenters. The predicted molar refractivity (Wildman–Crippen MR) is 72.5 cm³/mol. The van der Waals surface area contributed by atoms with E-state index >= 15 is 0 Å². The number of nitrogens with one attached hydrogen (secondary N) is 2. The van der Waals surface area contributed by atoms with Crippen LogP contribution in [0.5, 0.6) is 5.75 Å². The highest BCUT2D eigenvalue weighted by atomic mass is 16.6. The van der Waals surface area contributed by atoms with Crippen molar-refractivity contribution in [3.63, 3.8) is 0 Å². The summed E-state index contributed by atoms with van der Waals surface area (Å²) in [5.41, 5.74) is 5.08. The molecular formula is C14H18N2O2. The maximum atomic E-state index is 5.40. The van der Waals surface area contributed by atoms with Crippen LogP contribution in [0.25, 0.3) is 10.9 Å². The van der Waals surface area contributed by atoms with Crippen LogP contribution in [0.15, 0.2) is 36.5 Å². The fourth-order valence-electron chi connectivity index (χ4n) is 1.76. The van der Waals surface area contributed by atoms with Gasteiger partial charge in [-0.1, -0.05) is 12.2 Å². The molecule has 96 valence electrons. The summed E-state index contributed by atoms with van der Waals surface area (Å²) < 4.78 is 5.22. The Kier molecular flexibility index (Phi) is 4.39. The van der Waals surface area contributed by atoms with Crippen molar-refractivity contribution in [2.45, 2.75) is 13.5 Å². The Hall–Kier alpha value is -1.78. The lowest BCUT2D eigenvalue weighted by molar-refractivity contribution is 0.0358. The lowest BCUT2D eigenvalue weighted by atomic mass is 10.2. The van der Waals surface area contributed by atoms with E-state index in [1.807, 2.05) is 43.5 Å². The molecule has 2 rings (SSSR count). The van der Waals surface area contributed by atoms with Crippen molar-refractivity contribution < 1.29 is 9.57 Å². The molecule has 2 N–H and O–H groups in total. The minimum absolute atomic E-state index is 0.519. The number of hydrogen-bond donors (Lipinski definition) is 2. The number of allylic oxidation sites excluding steroid dienone is 1. The molecule has 1 aromatic carbocycles. The smallest absolute Gasteiger partial charge is 0.119 e. The first kappa shape index (κ1) is 12.7. The highest BCUT2D eigenvalue weighted by Crippen LogP contribution is 2.23. The molecule has 0 unspecified atom stereocenters. The summed E-state index contributed by atoms with van der Waals surface area (Å²) in [5, 5.41) is 1.13. The van der Waals surface area contributed by atoms with E-state index in [-0.39, 0.29) is 0 Å². The number of ether oxygens (including phenoxy) is 1. The van der Waals surface area contributed by atoms with Gasteiger partial charge in [0.25, 0.3) is 0 Å². The van der Waals surface area contributed by atoms with Crippen molar-refractivity contribution in [1.82, 2.24) is 10.5 Å². The Morgan fingerprint density at radius 3 is 3.06 bits per heavy atom. The summed E-state index contributed by atoms with van der Waals surface area (Å²) in [5.74, 6) is 0.852. The zero-order valence-corrected chi connectivity index (χ0v) is 10.7. The molecular weight excluding hydrogens is 228 g/mol. The Bertz CT molecular complexity index is 532. The van der Waals surface area contributed by atoms with Crippen molar-refractivity contribution >= 4 is 10.9 Å². The van der Waals surface area contributed by atoms with Crippen LogP contribution in [0.1, 0.15) is 12.5 Å². The quantitative estimate of drug-likeness (QED) is 0.468. The zero-order chi connectivity index (χ0) is 12.8. The van der Waals surface area contributed by atoms with Crippen LogP contribution in [-0.2, 0) is 11.4 Å². The summed E-state index contributed by atoms with van der Waals surface area (Å²) in [6.07, 6.45) is 5.94. The van der Waals surface area contributed by atoms with E-state index in [2.05, 4.69) is 10.5 Å². The molecule has 0 spiro atoms. The van der Waals surface area contributed by atoms with Crippen molar-refractivity contribution in [3.05, 3.63) is 42.1 Å². The first-order chi connectivity index (χ1) is 8.85. The number of hydroxylamine groups is 1. The minimum Gasteiger partial charge on any atom is -0.497 e. The molecule has 0 radical (unpaired) electrons. The van der Waals surface area contributed by atoms with Crippen LogP contribution in [0, 0.1) is 0 Å². The molecule has 0 bridgehead atoms. The average Bonchev–Trinajstić information content (AvgIpc) is 2.81. The van der Waals surface area contributed by atoms with Crippen LogP contribution in [-0.4, -0.2) is 18.6 Å². The van der Waals surface area contributed by atoms with Gasteiger partial charge in [-0.3, -0.25) is 4.84 Å². The lowest BCUT2D eigenvalue weighted by Crippen LogP contribution is -2.13. The number of aromatic nitrogens is 1. The van der Waals surface area contributed by atoms with E-state index in [1.165, 1.54) is 0 Å². The number of H-pyrrole nitrogens is 1. The molecule has 1 heterocycles. The summed E-state index contributed by atoms with van der Waals surface area (Å²) in [6, 6.07) is 5.95. The molecule has 18 heavy (non-hydrogen) atoms. The van der Waals surface area contributed by atoms with Gasteiger partial charge < -0.3 is 9.72 Å². The molecule has 2 aromatic rings. The van der Waals surface area contributed by atoms with Crippen molar-refractivity contribution in [2.24, 2.45) is 0 Å². The standard InChI is InChI=1S/C14H18N2O2/c1-3-4-7-16-18-10-11-9-15-14-6-5-12(17-2)8-13(11)14/h3-6,8-9,15-16H,7,10H2,1-2H3/b4-3+. The fourth-order valence-corrected chi connectivity index (χ4v) is 1.76. The van der Waals surface area contributed by atoms with Gasteiger partial charge in [-0.05, 0) is 25.1 Å². The van der Waals surface area contributed by atoms with Gasteiger partial charge in [0.15, 0.2) is 0 Å². The Balaban J connectivity index is 2.03. The fraction of sp³-hybridized carbons (Fsp3) is 0.286. The van der Waals surface area contributed by atoms with Gasteiger partial charge in [-0.25, -0.2) is 0 Å². The first-order valence-corrected chi connectivity index (χ1v) is 5.95. The Morgan fingerprint density at radius 2 is 2.28 bits per heavy atom. The molecule has 0 amide bonds. The number of methoxy groups -OCH3 is 1. The predicted octanol–water partition coefficient (Wildman–Crippen LogP) is 2.77. The van der Waals surface area contributed by atoms with E-state index in [9.17, 15) is 0 Å². The molecule has 4 nitrogen and oxygen atoms in total. The van der Waals surface area contributed by atoms with Gasteiger partial charge in [0.05, 0.1) is 13.7 Å². The van der Waals surface area contributed by atoms with Crippen LogP contribution in [0.3, 0.4) is 0 Å². The Morgan fingerprint density at radius 1 is 1.39 bits per heavy atom. The van der Waals surface area contributed by atoms with E-state index in [0.717, 1.165) is 22.2 Å². The number of aromatic amines is 1. The summed E-state index contributed by atoms with van der Waals surface area (Å²) in [4.78, 5) is 8.61. The molecule has 0 aliphatic rings. The summed E-state index contributed by atoms with van der Waals surface area (Å²) in [7, 11) is 1.67. The minimum atomic E-state index is 0.519. The molecule has 0 fully saturated rings. The third kappa shape index (κ3) is 2.91. The van der Waals surface area contributed by atoms with Gasteiger partial charge in [0, 0.05) is 29.2 Å². The summed E-state index contributed by atoms with van der Waals surface area (Å²) in [6.45, 7) is 3.21. The van der Waals surface area contributed by atoms with E-state index in [0.29, 0.717) is 13.2 Å². The highest BCUT2D eigenvalue weighted by molar-refractivity contribution is 5.84. The maximum Gasteiger partial charge on any atom is 0.119 e. The van der Waals surface area contributed by atoms with Crippen LogP contribution in [0.4, 0.5) is 0 Å². The van der Waals surface area contributed by atoms with E-state index in [4.69, 9.17) is 9.57 Å². The molecule has 4 heteroatoms. The number of fused-ring (bicyclic) bond motifs is 1. The van der Waals surface area contributed by atoms with Crippen LogP contribution in [0.2, 0.25) is 0 Å². The second-order valence-electron chi connectivity index (χ2n) is 3.93. The van der Waals surface area contributed by atoms with Gasteiger partial charge in [-0.15, -0.1) is 0 Å². The molecule has 0 aliphatic carbocycles. The van der Waals surface area contributed by atoms with Crippen molar-refractivity contribution in [2.75, 3.05) is 13.7 Å². The molecule has 0 saturated heterocycles. The number of rotatable bonds is 6. The molecule has 0 aliphatic heterocycles. The largest absolute Gasteiger partial charge is 0.497 e. The van der Waals surface area contributed by atoms with Crippen LogP contribution < -0.4 is 10.2 Å².